The van der Waals surface area contributed by atoms with Crippen LogP contribution in [0, 0.1) is 5.82 Å². The third-order valence-corrected chi connectivity index (χ3v) is 3.14. The molecule has 1 amide bonds. The van der Waals surface area contributed by atoms with E-state index in [4.69, 9.17) is 11.6 Å². The summed E-state index contributed by atoms with van der Waals surface area (Å²) in [4.78, 5) is 11.9. The molecule has 20 heavy (non-hydrogen) atoms. The van der Waals surface area contributed by atoms with Gasteiger partial charge in [-0.05, 0) is 42.3 Å². The van der Waals surface area contributed by atoms with E-state index in [9.17, 15) is 14.3 Å². The number of rotatable bonds is 4. The first-order valence-electron chi connectivity index (χ1n) is 6.07. The van der Waals surface area contributed by atoms with Crippen molar-refractivity contribution in [3.63, 3.8) is 0 Å². The molecular weight excluding hydrogens is 281 g/mol. The first-order chi connectivity index (χ1) is 9.56. The zero-order chi connectivity index (χ0) is 14.5. The Morgan fingerprint density at radius 2 is 1.90 bits per heavy atom. The minimum atomic E-state index is -0.354. The van der Waals surface area contributed by atoms with Crippen LogP contribution in [0.1, 0.15) is 15.9 Å². The van der Waals surface area contributed by atoms with E-state index >= 15 is 0 Å². The third-order valence-electron chi connectivity index (χ3n) is 2.81. The summed E-state index contributed by atoms with van der Waals surface area (Å²) in [5.41, 5.74) is 1.15. The zero-order valence-corrected chi connectivity index (χ0v) is 11.3. The van der Waals surface area contributed by atoms with Gasteiger partial charge in [0, 0.05) is 6.54 Å². The Bertz CT molecular complexity index is 614. The number of halogens is 2. The van der Waals surface area contributed by atoms with Gasteiger partial charge in [0.15, 0.2) is 0 Å². The molecule has 0 aliphatic heterocycles. The van der Waals surface area contributed by atoms with Crippen molar-refractivity contribution in [1.29, 1.82) is 0 Å². The smallest absolute Gasteiger partial charge is 0.252 e. The van der Waals surface area contributed by atoms with Crippen molar-refractivity contribution in [3.8, 4) is 5.75 Å². The number of aromatic hydroxyl groups is 1. The third kappa shape index (κ3) is 3.71. The molecular formula is C15H13ClFNO2. The van der Waals surface area contributed by atoms with Gasteiger partial charge in [-0.3, -0.25) is 4.79 Å². The fraction of sp³-hybridized carbons (Fsp3) is 0.133. The van der Waals surface area contributed by atoms with E-state index in [2.05, 4.69) is 5.32 Å². The van der Waals surface area contributed by atoms with Crippen LogP contribution < -0.4 is 5.32 Å². The largest absolute Gasteiger partial charge is 0.508 e. The first kappa shape index (κ1) is 14.3. The van der Waals surface area contributed by atoms with Crippen LogP contribution in [0.15, 0.2) is 42.5 Å². The highest BCUT2D eigenvalue weighted by Crippen LogP contribution is 2.20. The van der Waals surface area contributed by atoms with Crippen LogP contribution in [-0.2, 0) is 6.42 Å². The number of phenolic OH excluding ortho intramolecular Hbond substituents is 1. The monoisotopic (exact) mass is 293 g/mol. The molecule has 2 aromatic carbocycles. The van der Waals surface area contributed by atoms with Crippen molar-refractivity contribution >= 4 is 17.5 Å². The van der Waals surface area contributed by atoms with Gasteiger partial charge >= 0.3 is 0 Å². The molecule has 0 spiro atoms. The molecule has 5 heteroatoms. The van der Waals surface area contributed by atoms with Crippen molar-refractivity contribution in [2.45, 2.75) is 6.42 Å². The molecule has 0 saturated carbocycles. The van der Waals surface area contributed by atoms with E-state index in [0.717, 1.165) is 5.56 Å². The summed E-state index contributed by atoms with van der Waals surface area (Å²) in [6, 6.07) is 10.3. The molecule has 2 N–H and O–H groups in total. The second kappa shape index (κ2) is 6.39. The van der Waals surface area contributed by atoms with E-state index < -0.39 is 0 Å². The fourth-order valence-corrected chi connectivity index (χ4v) is 1.96. The number of hydrogen-bond donors (Lipinski definition) is 2. The lowest BCUT2D eigenvalue weighted by atomic mass is 10.1. The average molecular weight is 294 g/mol. The molecule has 2 aromatic rings. The van der Waals surface area contributed by atoms with Gasteiger partial charge in [0.05, 0.1) is 10.6 Å². The highest BCUT2D eigenvalue weighted by atomic mass is 35.5. The number of carbonyl (C=O) groups excluding carboxylic acids is 1. The predicted molar refractivity (Wildman–Crippen MR) is 75.6 cm³/mol. The van der Waals surface area contributed by atoms with Gasteiger partial charge in [-0.2, -0.15) is 0 Å². The second-order valence-electron chi connectivity index (χ2n) is 4.30. The Labute approximate surface area is 121 Å². The minimum absolute atomic E-state index is 0.0157. The number of nitrogens with one attached hydrogen (secondary N) is 1. The van der Waals surface area contributed by atoms with Crippen LogP contribution in [0.3, 0.4) is 0 Å². The van der Waals surface area contributed by atoms with Gasteiger partial charge in [-0.1, -0.05) is 23.7 Å². The zero-order valence-electron chi connectivity index (χ0n) is 10.6. The molecule has 0 heterocycles. The topological polar surface area (TPSA) is 49.3 Å². The molecule has 3 nitrogen and oxygen atoms in total. The van der Waals surface area contributed by atoms with Crippen LogP contribution in [-0.4, -0.2) is 17.6 Å². The maximum absolute atomic E-state index is 12.7. The van der Waals surface area contributed by atoms with Crippen molar-refractivity contribution < 1.29 is 14.3 Å². The lowest BCUT2D eigenvalue weighted by Crippen LogP contribution is -2.25. The Morgan fingerprint density at radius 1 is 1.20 bits per heavy atom. The summed E-state index contributed by atoms with van der Waals surface area (Å²) in [7, 11) is 0. The van der Waals surface area contributed by atoms with Gasteiger partial charge in [0.25, 0.3) is 5.91 Å². The number of benzene rings is 2. The Morgan fingerprint density at radius 3 is 2.60 bits per heavy atom. The summed E-state index contributed by atoms with van der Waals surface area (Å²) >= 11 is 5.89. The van der Waals surface area contributed by atoms with Crippen LogP contribution in [0.4, 0.5) is 4.39 Å². The van der Waals surface area contributed by atoms with E-state index in [0.29, 0.717) is 13.0 Å². The second-order valence-corrected chi connectivity index (χ2v) is 4.70. The van der Waals surface area contributed by atoms with Crippen LogP contribution >= 0.6 is 11.6 Å². The maximum Gasteiger partial charge on any atom is 0.252 e. The van der Waals surface area contributed by atoms with E-state index in [-0.39, 0.29) is 28.1 Å². The van der Waals surface area contributed by atoms with Gasteiger partial charge in [0.2, 0.25) is 0 Å². The maximum atomic E-state index is 12.7. The molecule has 0 radical (unpaired) electrons. The minimum Gasteiger partial charge on any atom is -0.508 e. The van der Waals surface area contributed by atoms with Crippen molar-refractivity contribution in [2.75, 3.05) is 6.54 Å². The van der Waals surface area contributed by atoms with Gasteiger partial charge < -0.3 is 10.4 Å². The molecule has 0 aliphatic rings. The lowest BCUT2D eigenvalue weighted by molar-refractivity contribution is 0.0954. The SMILES string of the molecule is O=C(NCCc1ccc(F)cc1)c1cc(O)ccc1Cl. The normalized spacial score (nSPS) is 10.3. The quantitative estimate of drug-likeness (QED) is 0.910. The molecule has 2 rings (SSSR count). The Balaban J connectivity index is 1.92. The van der Waals surface area contributed by atoms with Crippen molar-refractivity contribution in [3.05, 3.63) is 64.4 Å². The summed E-state index contributed by atoms with van der Waals surface area (Å²) < 4.78 is 12.7. The van der Waals surface area contributed by atoms with Gasteiger partial charge in [0.1, 0.15) is 11.6 Å². The Hall–Kier alpha value is -2.07. The van der Waals surface area contributed by atoms with Crippen molar-refractivity contribution in [1.82, 2.24) is 5.32 Å². The summed E-state index contributed by atoms with van der Waals surface area (Å²) in [5, 5.41) is 12.3. The number of phenols is 1. The van der Waals surface area contributed by atoms with E-state index in [1.807, 2.05) is 0 Å². The van der Waals surface area contributed by atoms with E-state index in [1.165, 1.54) is 30.3 Å². The molecule has 0 fully saturated rings. The van der Waals surface area contributed by atoms with Gasteiger partial charge in [-0.15, -0.1) is 0 Å². The highest BCUT2D eigenvalue weighted by molar-refractivity contribution is 6.33. The first-order valence-corrected chi connectivity index (χ1v) is 6.45. The standard InChI is InChI=1S/C15H13ClFNO2/c16-14-6-5-12(19)9-13(14)15(20)18-8-7-10-1-3-11(17)4-2-10/h1-6,9,19H,7-8H2,(H,18,20). The summed E-state index contributed by atoms with van der Waals surface area (Å²) in [6.07, 6.45) is 0.586. The number of amides is 1. The van der Waals surface area contributed by atoms with Crippen LogP contribution in [0.2, 0.25) is 5.02 Å². The summed E-state index contributed by atoms with van der Waals surface area (Å²) in [5.74, 6) is -0.657. The molecule has 0 bridgehead atoms. The number of hydrogen-bond acceptors (Lipinski definition) is 2. The molecule has 0 saturated heterocycles. The highest BCUT2D eigenvalue weighted by Gasteiger charge is 2.10. The molecule has 0 atom stereocenters. The van der Waals surface area contributed by atoms with Gasteiger partial charge in [-0.25, -0.2) is 4.39 Å². The predicted octanol–water partition coefficient (Wildman–Crippen LogP) is 3.16. The number of carbonyl (C=O) groups is 1. The average Bonchev–Trinajstić information content (AvgIpc) is 2.43. The molecule has 0 aliphatic carbocycles. The molecule has 0 aromatic heterocycles. The molecule has 104 valence electrons. The Kier molecular flexibility index (Phi) is 4.58. The van der Waals surface area contributed by atoms with E-state index in [1.54, 1.807) is 12.1 Å². The molecule has 0 unspecified atom stereocenters. The fourth-order valence-electron chi connectivity index (χ4n) is 1.75. The lowest BCUT2D eigenvalue weighted by Gasteiger charge is -2.07. The van der Waals surface area contributed by atoms with Crippen LogP contribution in [0.5, 0.6) is 5.75 Å². The summed E-state index contributed by atoms with van der Waals surface area (Å²) in [6.45, 7) is 0.399. The van der Waals surface area contributed by atoms with Crippen molar-refractivity contribution in [2.24, 2.45) is 0 Å². The van der Waals surface area contributed by atoms with Crippen LogP contribution in [0.25, 0.3) is 0 Å².